The topological polar surface area (TPSA) is 64.2 Å². The summed E-state index contributed by atoms with van der Waals surface area (Å²) in [6.45, 7) is 1.47. The standard InChI is InChI=1S/C17H18N4O2S/c22-17(14-11-15(23-19-14)16-6-3-10-24-16)21-9-2-1-5-13(21)12-20-8-4-7-18-20/h3-4,6-8,10-11,13H,1-2,5,9,12H2/t13-/m0/s1. The van der Waals surface area contributed by atoms with Crippen LogP contribution in [-0.2, 0) is 6.54 Å². The maximum Gasteiger partial charge on any atom is 0.276 e. The van der Waals surface area contributed by atoms with Crippen LogP contribution in [0.1, 0.15) is 29.8 Å². The molecule has 1 fully saturated rings. The number of likely N-dealkylation sites (tertiary alicyclic amines) is 1. The molecule has 1 amide bonds. The van der Waals surface area contributed by atoms with Gasteiger partial charge in [0, 0.05) is 25.0 Å². The smallest absolute Gasteiger partial charge is 0.276 e. The number of rotatable bonds is 4. The Morgan fingerprint density at radius 3 is 3.12 bits per heavy atom. The second kappa shape index (κ2) is 6.60. The molecule has 1 atom stereocenters. The molecule has 0 unspecified atom stereocenters. The quantitative estimate of drug-likeness (QED) is 0.730. The minimum absolute atomic E-state index is 0.0570. The number of carbonyl (C=O) groups is 1. The fourth-order valence-electron chi connectivity index (χ4n) is 3.14. The van der Waals surface area contributed by atoms with Crippen LogP contribution in [0.5, 0.6) is 0 Å². The minimum Gasteiger partial charge on any atom is -0.355 e. The number of hydrogen-bond donors (Lipinski definition) is 0. The molecule has 4 rings (SSSR count). The zero-order valence-electron chi connectivity index (χ0n) is 13.2. The van der Waals surface area contributed by atoms with E-state index in [9.17, 15) is 4.79 Å². The summed E-state index contributed by atoms with van der Waals surface area (Å²) in [6.07, 6.45) is 6.84. The third-order valence-corrected chi connectivity index (χ3v) is 5.22. The number of amides is 1. The molecule has 6 nitrogen and oxygen atoms in total. The molecule has 0 bridgehead atoms. The van der Waals surface area contributed by atoms with E-state index in [2.05, 4.69) is 10.3 Å². The van der Waals surface area contributed by atoms with Gasteiger partial charge in [-0.3, -0.25) is 9.48 Å². The number of hydrogen-bond acceptors (Lipinski definition) is 5. The SMILES string of the molecule is O=C(c1cc(-c2cccs2)on1)N1CCCC[C@H]1Cn1cccn1. The van der Waals surface area contributed by atoms with Gasteiger partial charge >= 0.3 is 0 Å². The van der Waals surface area contributed by atoms with E-state index in [-0.39, 0.29) is 11.9 Å². The molecule has 0 aliphatic carbocycles. The van der Waals surface area contributed by atoms with Crippen LogP contribution in [0.2, 0.25) is 0 Å². The van der Waals surface area contributed by atoms with Gasteiger partial charge in [0.05, 0.1) is 17.5 Å². The largest absolute Gasteiger partial charge is 0.355 e. The third kappa shape index (κ3) is 2.99. The first kappa shape index (κ1) is 15.1. The normalized spacial score (nSPS) is 18.0. The Bertz CT molecular complexity index is 795. The maximum atomic E-state index is 12.9. The molecule has 4 heterocycles. The lowest BCUT2D eigenvalue weighted by atomic mass is 10.0. The summed E-state index contributed by atoms with van der Waals surface area (Å²) in [4.78, 5) is 15.8. The van der Waals surface area contributed by atoms with Gasteiger partial charge in [-0.25, -0.2) is 0 Å². The lowest BCUT2D eigenvalue weighted by Gasteiger charge is -2.35. The number of nitrogens with zero attached hydrogens (tertiary/aromatic N) is 4. The second-order valence-corrected chi connectivity index (χ2v) is 6.88. The number of piperidine rings is 1. The Morgan fingerprint density at radius 2 is 2.33 bits per heavy atom. The van der Waals surface area contributed by atoms with E-state index in [1.807, 2.05) is 39.4 Å². The lowest BCUT2D eigenvalue weighted by Crippen LogP contribution is -2.46. The Labute approximate surface area is 143 Å². The van der Waals surface area contributed by atoms with Gasteiger partial charge in [0.25, 0.3) is 5.91 Å². The van der Waals surface area contributed by atoms with Crippen LogP contribution in [0.4, 0.5) is 0 Å². The highest BCUT2D eigenvalue weighted by molar-refractivity contribution is 7.13. The van der Waals surface area contributed by atoms with Crippen LogP contribution in [0.15, 0.2) is 46.6 Å². The number of carbonyl (C=O) groups excluding carboxylic acids is 1. The van der Waals surface area contributed by atoms with E-state index in [1.165, 1.54) is 0 Å². The summed E-state index contributed by atoms with van der Waals surface area (Å²) in [6, 6.07) is 7.71. The van der Waals surface area contributed by atoms with Gasteiger partial charge in [0.1, 0.15) is 0 Å². The van der Waals surface area contributed by atoms with Crippen molar-refractivity contribution in [2.75, 3.05) is 6.54 Å². The van der Waals surface area contributed by atoms with Crippen molar-refractivity contribution in [1.82, 2.24) is 19.8 Å². The van der Waals surface area contributed by atoms with E-state index in [1.54, 1.807) is 23.6 Å². The van der Waals surface area contributed by atoms with Gasteiger partial charge < -0.3 is 9.42 Å². The number of thiophene rings is 1. The maximum absolute atomic E-state index is 12.9. The van der Waals surface area contributed by atoms with Gasteiger partial charge in [-0.15, -0.1) is 11.3 Å². The van der Waals surface area contributed by atoms with E-state index in [0.717, 1.165) is 30.7 Å². The summed E-state index contributed by atoms with van der Waals surface area (Å²) in [5.74, 6) is 0.590. The lowest BCUT2D eigenvalue weighted by molar-refractivity contribution is 0.0573. The highest BCUT2D eigenvalue weighted by Gasteiger charge is 2.29. The zero-order chi connectivity index (χ0) is 16.4. The van der Waals surface area contributed by atoms with Crippen LogP contribution in [0.3, 0.4) is 0 Å². The number of aromatic nitrogens is 3. The molecular formula is C17H18N4O2S. The summed E-state index contributed by atoms with van der Waals surface area (Å²) >= 11 is 1.57. The fourth-order valence-corrected chi connectivity index (χ4v) is 3.81. The fraction of sp³-hybridized carbons (Fsp3) is 0.353. The second-order valence-electron chi connectivity index (χ2n) is 5.93. The van der Waals surface area contributed by atoms with Gasteiger partial charge in [-0.2, -0.15) is 5.10 Å². The molecule has 0 spiro atoms. The molecule has 24 heavy (non-hydrogen) atoms. The molecule has 3 aromatic rings. The van der Waals surface area contributed by atoms with Crippen molar-refractivity contribution >= 4 is 17.2 Å². The summed E-state index contributed by atoms with van der Waals surface area (Å²) in [5, 5.41) is 10.2. The van der Waals surface area contributed by atoms with E-state index >= 15 is 0 Å². The third-order valence-electron chi connectivity index (χ3n) is 4.34. The van der Waals surface area contributed by atoms with Crippen LogP contribution in [-0.4, -0.2) is 38.3 Å². The average molecular weight is 342 g/mol. The van der Waals surface area contributed by atoms with Crippen molar-refractivity contribution in [3.63, 3.8) is 0 Å². The zero-order valence-corrected chi connectivity index (χ0v) is 14.0. The van der Waals surface area contributed by atoms with Gasteiger partial charge in [-0.1, -0.05) is 11.2 Å². The highest BCUT2D eigenvalue weighted by Crippen LogP contribution is 2.27. The van der Waals surface area contributed by atoms with Gasteiger partial charge in [0.2, 0.25) is 0 Å². The Morgan fingerprint density at radius 1 is 1.38 bits per heavy atom. The molecule has 0 N–H and O–H groups in total. The first-order chi connectivity index (χ1) is 11.8. The predicted molar refractivity (Wildman–Crippen MR) is 90.7 cm³/mol. The summed E-state index contributed by atoms with van der Waals surface area (Å²) in [5.41, 5.74) is 0.380. The molecule has 124 valence electrons. The highest BCUT2D eigenvalue weighted by atomic mass is 32.1. The van der Waals surface area contributed by atoms with Gasteiger partial charge in [0.15, 0.2) is 11.5 Å². The molecule has 0 aromatic carbocycles. The average Bonchev–Trinajstić information content (AvgIpc) is 3.35. The molecule has 1 saturated heterocycles. The van der Waals surface area contributed by atoms with Crippen molar-refractivity contribution in [2.24, 2.45) is 0 Å². The van der Waals surface area contributed by atoms with Crippen molar-refractivity contribution in [3.8, 4) is 10.6 Å². The van der Waals surface area contributed by atoms with Crippen LogP contribution >= 0.6 is 11.3 Å². The summed E-state index contributed by atoms with van der Waals surface area (Å²) < 4.78 is 7.24. The monoisotopic (exact) mass is 342 g/mol. The van der Waals surface area contributed by atoms with Crippen molar-refractivity contribution in [2.45, 2.75) is 31.8 Å². The molecular weight excluding hydrogens is 324 g/mol. The van der Waals surface area contributed by atoms with E-state index < -0.39 is 0 Å². The molecule has 7 heteroatoms. The summed E-state index contributed by atoms with van der Waals surface area (Å²) in [7, 11) is 0. The van der Waals surface area contributed by atoms with Crippen molar-refractivity contribution < 1.29 is 9.32 Å². The van der Waals surface area contributed by atoms with Crippen molar-refractivity contribution in [3.05, 3.63) is 47.7 Å². The Balaban J connectivity index is 1.53. The first-order valence-corrected chi connectivity index (χ1v) is 8.98. The molecule has 0 radical (unpaired) electrons. The van der Waals surface area contributed by atoms with Crippen LogP contribution < -0.4 is 0 Å². The Kier molecular flexibility index (Phi) is 4.17. The van der Waals surface area contributed by atoms with Crippen LogP contribution in [0, 0.1) is 0 Å². The Hall–Kier alpha value is -2.41. The molecule has 1 aliphatic rings. The van der Waals surface area contributed by atoms with E-state index in [4.69, 9.17) is 4.52 Å². The molecule has 0 saturated carbocycles. The molecule has 3 aromatic heterocycles. The van der Waals surface area contributed by atoms with Crippen LogP contribution in [0.25, 0.3) is 10.6 Å². The minimum atomic E-state index is -0.0570. The van der Waals surface area contributed by atoms with E-state index in [0.29, 0.717) is 18.0 Å². The first-order valence-electron chi connectivity index (χ1n) is 8.10. The predicted octanol–water partition coefficient (Wildman–Crippen LogP) is 3.29. The molecule has 1 aliphatic heterocycles. The van der Waals surface area contributed by atoms with Crippen molar-refractivity contribution in [1.29, 1.82) is 0 Å². The van der Waals surface area contributed by atoms with Gasteiger partial charge in [-0.05, 0) is 36.8 Å².